The van der Waals surface area contributed by atoms with E-state index in [2.05, 4.69) is 34.0 Å². The Morgan fingerprint density at radius 1 is 1.11 bits per heavy atom. The van der Waals surface area contributed by atoms with Crippen LogP contribution in [0.4, 0.5) is 15.0 Å². The van der Waals surface area contributed by atoms with Crippen molar-refractivity contribution < 1.29 is 13.9 Å². The summed E-state index contributed by atoms with van der Waals surface area (Å²) < 4.78 is 19.6. The van der Waals surface area contributed by atoms with Crippen molar-refractivity contribution in [3.8, 4) is 16.2 Å². The molecular weight excluding hydrogens is 489 g/mol. The van der Waals surface area contributed by atoms with Gasteiger partial charge in [-0.2, -0.15) is 0 Å². The number of aromatic nitrogens is 2. The van der Waals surface area contributed by atoms with Gasteiger partial charge in [-0.05, 0) is 62.2 Å². The number of thiophene rings is 1. The van der Waals surface area contributed by atoms with E-state index in [0.29, 0.717) is 19.6 Å². The number of hydrogen-bond acceptors (Lipinski definition) is 6. The number of nitrogens with one attached hydrogen (secondary N) is 1. The molecule has 4 aromatic rings. The number of nitrogens with zero attached hydrogens (tertiary/aromatic N) is 4. The van der Waals surface area contributed by atoms with Crippen LogP contribution in [0.3, 0.4) is 0 Å². The summed E-state index contributed by atoms with van der Waals surface area (Å²) in [6.45, 7) is 7.99. The van der Waals surface area contributed by atoms with Gasteiger partial charge in [-0.15, -0.1) is 11.3 Å². The number of carbonyl (C=O) groups excluding carboxylic acids is 1. The van der Waals surface area contributed by atoms with E-state index >= 15 is 0 Å². The molecule has 1 aliphatic rings. The fourth-order valence-electron chi connectivity index (χ4n) is 4.77. The van der Waals surface area contributed by atoms with E-state index in [9.17, 15) is 9.18 Å². The zero-order chi connectivity index (χ0) is 26.2. The van der Waals surface area contributed by atoms with Crippen LogP contribution in [0.2, 0.25) is 0 Å². The molecule has 1 saturated heterocycles. The summed E-state index contributed by atoms with van der Waals surface area (Å²) in [5.74, 6) is 1.39. The van der Waals surface area contributed by atoms with Crippen LogP contribution in [0.1, 0.15) is 32.4 Å². The first-order valence-corrected chi connectivity index (χ1v) is 13.0. The monoisotopic (exact) mass is 519 g/mol. The fourth-order valence-corrected chi connectivity index (χ4v) is 5.91. The van der Waals surface area contributed by atoms with Crippen molar-refractivity contribution in [3.63, 3.8) is 0 Å². The fraction of sp³-hybridized carbons (Fsp3) is 0.321. The van der Waals surface area contributed by atoms with Crippen molar-refractivity contribution in [2.75, 3.05) is 31.6 Å². The lowest BCUT2D eigenvalue weighted by atomic mass is 9.99. The summed E-state index contributed by atoms with van der Waals surface area (Å²) in [4.78, 5) is 27.5. The second-order valence-corrected chi connectivity index (χ2v) is 10.9. The van der Waals surface area contributed by atoms with E-state index in [-0.39, 0.29) is 17.9 Å². The second kappa shape index (κ2) is 9.97. The normalized spacial score (nSPS) is 16.0. The van der Waals surface area contributed by atoms with Crippen LogP contribution in [-0.4, -0.2) is 53.2 Å². The minimum Gasteiger partial charge on any atom is -0.497 e. The predicted molar refractivity (Wildman–Crippen MR) is 146 cm³/mol. The Balaban J connectivity index is 1.32. The average molecular weight is 520 g/mol. The van der Waals surface area contributed by atoms with Crippen LogP contribution in [0.15, 0.2) is 60.9 Å². The molecule has 1 aliphatic heterocycles. The highest BCUT2D eigenvalue weighted by Crippen LogP contribution is 2.38. The highest BCUT2D eigenvalue weighted by Gasteiger charge is 2.38. The van der Waals surface area contributed by atoms with Crippen LogP contribution in [0.5, 0.6) is 5.75 Å². The maximum Gasteiger partial charge on any atom is 0.318 e. The van der Waals surface area contributed by atoms with Crippen molar-refractivity contribution in [1.82, 2.24) is 20.2 Å². The maximum absolute atomic E-state index is 13.4. The molecule has 7 nitrogen and oxygen atoms in total. The molecule has 9 heteroatoms. The number of benzene rings is 2. The van der Waals surface area contributed by atoms with Gasteiger partial charge >= 0.3 is 6.03 Å². The Morgan fingerprint density at radius 3 is 2.51 bits per heavy atom. The van der Waals surface area contributed by atoms with Crippen LogP contribution in [-0.2, 0) is 0 Å². The van der Waals surface area contributed by atoms with E-state index in [4.69, 9.17) is 4.74 Å². The molecular formula is C28H30FN5O2S. The summed E-state index contributed by atoms with van der Waals surface area (Å²) in [6.07, 6.45) is 1.58. The molecule has 3 heterocycles. The summed E-state index contributed by atoms with van der Waals surface area (Å²) >= 11 is 1.60. The first kappa shape index (κ1) is 25.0. The van der Waals surface area contributed by atoms with E-state index in [1.165, 1.54) is 12.1 Å². The van der Waals surface area contributed by atoms with Crippen LogP contribution in [0.25, 0.3) is 20.7 Å². The van der Waals surface area contributed by atoms with Gasteiger partial charge < -0.3 is 19.9 Å². The van der Waals surface area contributed by atoms with Crippen LogP contribution in [0, 0.1) is 5.82 Å². The molecule has 0 radical (unpaired) electrons. The lowest BCUT2D eigenvalue weighted by Gasteiger charge is -2.47. The summed E-state index contributed by atoms with van der Waals surface area (Å²) in [7, 11) is 1.64. The van der Waals surface area contributed by atoms with Gasteiger partial charge in [-0.1, -0.05) is 24.3 Å². The number of piperazine rings is 1. The zero-order valence-electron chi connectivity index (χ0n) is 21.4. The number of rotatable bonds is 5. The molecule has 2 amide bonds. The third kappa shape index (κ3) is 5.09. The lowest BCUT2D eigenvalue weighted by molar-refractivity contribution is 0.121. The van der Waals surface area contributed by atoms with Crippen molar-refractivity contribution >= 4 is 33.4 Å². The molecule has 1 fully saturated rings. The minimum atomic E-state index is -0.420. The molecule has 37 heavy (non-hydrogen) atoms. The molecule has 192 valence electrons. The number of methoxy groups -OCH3 is 1. The number of urea groups is 1. The van der Waals surface area contributed by atoms with Crippen LogP contribution >= 0.6 is 11.3 Å². The third-order valence-corrected chi connectivity index (χ3v) is 7.99. The molecule has 1 N–H and O–H groups in total. The van der Waals surface area contributed by atoms with Crippen molar-refractivity contribution in [2.45, 2.75) is 32.4 Å². The molecule has 1 atom stereocenters. The average Bonchev–Trinajstić information content (AvgIpc) is 3.33. The van der Waals surface area contributed by atoms with Gasteiger partial charge in [0, 0.05) is 24.5 Å². The highest BCUT2D eigenvalue weighted by molar-refractivity contribution is 7.22. The number of ether oxygens (including phenoxy) is 1. The number of carbonyl (C=O) groups is 1. The van der Waals surface area contributed by atoms with Gasteiger partial charge in [0.25, 0.3) is 0 Å². The van der Waals surface area contributed by atoms with Crippen LogP contribution < -0.4 is 15.0 Å². The largest absolute Gasteiger partial charge is 0.497 e. The summed E-state index contributed by atoms with van der Waals surface area (Å²) in [5.41, 5.74) is 2.41. The highest BCUT2D eigenvalue weighted by atomic mass is 32.1. The number of anilines is 1. The number of fused-ring (bicyclic) bond motifs is 1. The SMILES string of the molecule is COc1ccc(C(C)NC(=O)N2CCN(c3ncnc4cc(-c5ccc(F)cc5)sc34)CC2(C)C)cc1. The molecule has 2 aromatic carbocycles. The van der Waals surface area contributed by atoms with E-state index < -0.39 is 5.54 Å². The van der Waals surface area contributed by atoms with E-state index in [1.807, 2.05) is 42.2 Å². The van der Waals surface area contributed by atoms with Gasteiger partial charge in [0.05, 0.1) is 28.9 Å². The van der Waals surface area contributed by atoms with Crippen molar-refractivity contribution in [2.24, 2.45) is 0 Å². The Labute approximate surface area is 219 Å². The summed E-state index contributed by atoms with van der Waals surface area (Å²) in [5, 5.41) is 3.15. The Morgan fingerprint density at radius 2 is 1.84 bits per heavy atom. The molecule has 0 aliphatic carbocycles. The number of hydrogen-bond donors (Lipinski definition) is 1. The van der Waals surface area contributed by atoms with E-state index in [1.54, 1.807) is 36.9 Å². The molecule has 1 unspecified atom stereocenters. The Bertz CT molecular complexity index is 1400. The van der Waals surface area contributed by atoms with Crippen molar-refractivity contribution in [3.05, 3.63) is 72.3 Å². The molecule has 0 bridgehead atoms. The predicted octanol–water partition coefficient (Wildman–Crippen LogP) is 5.88. The zero-order valence-corrected chi connectivity index (χ0v) is 22.2. The Kier molecular flexibility index (Phi) is 6.72. The van der Waals surface area contributed by atoms with Gasteiger partial charge in [0.1, 0.15) is 23.7 Å². The molecule has 0 spiro atoms. The summed E-state index contributed by atoms with van der Waals surface area (Å²) in [6, 6.07) is 16.0. The van der Waals surface area contributed by atoms with Gasteiger partial charge in [0.2, 0.25) is 0 Å². The van der Waals surface area contributed by atoms with Crippen molar-refractivity contribution in [1.29, 1.82) is 0 Å². The topological polar surface area (TPSA) is 70.6 Å². The van der Waals surface area contributed by atoms with Gasteiger partial charge in [-0.3, -0.25) is 0 Å². The quantitative estimate of drug-likeness (QED) is 0.357. The lowest BCUT2D eigenvalue weighted by Crippen LogP contribution is -2.63. The molecule has 0 saturated carbocycles. The Hall–Kier alpha value is -3.72. The van der Waals surface area contributed by atoms with E-state index in [0.717, 1.165) is 37.8 Å². The first-order valence-electron chi connectivity index (χ1n) is 12.2. The van der Waals surface area contributed by atoms with Gasteiger partial charge in [0.15, 0.2) is 0 Å². The van der Waals surface area contributed by atoms with Gasteiger partial charge in [-0.25, -0.2) is 19.2 Å². The maximum atomic E-state index is 13.4. The molecule has 2 aromatic heterocycles. The third-order valence-electron chi connectivity index (χ3n) is 6.82. The second-order valence-electron chi connectivity index (χ2n) is 9.86. The standard InChI is InChI=1S/C28H30FN5O2S/c1-18(19-7-11-22(36-4)12-8-19)32-27(35)34-14-13-33(16-28(34,2)3)26-25-23(30-17-31-26)15-24(37-25)20-5-9-21(29)10-6-20/h5-12,15,17-18H,13-14,16H2,1-4H3,(H,32,35). The molecule has 5 rings (SSSR count). The minimum absolute atomic E-state index is 0.0875. The number of halogens is 1. The first-order chi connectivity index (χ1) is 17.7. The number of amides is 2. The smallest absolute Gasteiger partial charge is 0.318 e.